The summed E-state index contributed by atoms with van der Waals surface area (Å²) in [6.45, 7) is 3.50. The maximum Gasteiger partial charge on any atom is 0.226 e. The minimum absolute atomic E-state index is 0.116. The van der Waals surface area contributed by atoms with E-state index in [2.05, 4.69) is 15.5 Å². The highest BCUT2D eigenvalue weighted by molar-refractivity contribution is 7.71. The third-order valence-electron chi connectivity index (χ3n) is 4.46. The van der Waals surface area contributed by atoms with Gasteiger partial charge in [-0.2, -0.15) is 5.10 Å². The number of aromatic amines is 1. The van der Waals surface area contributed by atoms with Crippen molar-refractivity contribution < 1.29 is 14.3 Å². The van der Waals surface area contributed by atoms with Crippen LogP contribution in [0.5, 0.6) is 11.5 Å². The summed E-state index contributed by atoms with van der Waals surface area (Å²) in [6, 6.07) is 13.4. The normalized spacial score (nSPS) is 12.6. The van der Waals surface area contributed by atoms with Crippen molar-refractivity contribution in [1.82, 2.24) is 14.8 Å². The summed E-state index contributed by atoms with van der Waals surface area (Å²) in [4.78, 5) is 12.4. The van der Waals surface area contributed by atoms with Gasteiger partial charge in [0.15, 0.2) is 22.1 Å². The Kier molecular flexibility index (Phi) is 5.12. The van der Waals surface area contributed by atoms with E-state index in [9.17, 15) is 4.79 Å². The molecular formula is C20H20N4O3S. The number of ether oxygens (including phenoxy) is 2. The summed E-state index contributed by atoms with van der Waals surface area (Å²) in [6.07, 6.45) is 0.265. The molecule has 0 bridgehead atoms. The molecule has 1 amide bonds. The van der Waals surface area contributed by atoms with Gasteiger partial charge in [-0.25, -0.2) is 0 Å². The van der Waals surface area contributed by atoms with Crippen LogP contribution < -0.4 is 14.8 Å². The SMILES string of the molecule is Cc1ccc(-c2n[nH]c(=S)n2CCC(=O)Nc2ccc3c(c2)OCCO3)cc1. The molecule has 0 spiro atoms. The van der Waals surface area contributed by atoms with Crippen LogP contribution in [0.2, 0.25) is 0 Å². The summed E-state index contributed by atoms with van der Waals surface area (Å²) >= 11 is 5.33. The first-order chi connectivity index (χ1) is 13.6. The van der Waals surface area contributed by atoms with E-state index in [0.717, 1.165) is 11.4 Å². The van der Waals surface area contributed by atoms with E-state index in [-0.39, 0.29) is 12.3 Å². The molecule has 3 aromatic rings. The second-order valence-corrected chi connectivity index (χ2v) is 6.91. The van der Waals surface area contributed by atoms with E-state index in [4.69, 9.17) is 21.7 Å². The Hall–Kier alpha value is -3.13. The van der Waals surface area contributed by atoms with Crippen molar-refractivity contribution in [3.05, 3.63) is 52.8 Å². The van der Waals surface area contributed by atoms with Crippen molar-refractivity contribution in [2.45, 2.75) is 19.9 Å². The molecule has 144 valence electrons. The second-order valence-electron chi connectivity index (χ2n) is 6.53. The number of benzene rings is 2. The fraction of sp³-hybridized carbons (Fsp3) is 0.250. The number of amides is 1. The van der Waals surface area contributed by atoms with E-state index in [1.807, 2.05) is 35.8 Å². The molecular weight excluding hydrogens is 376 g/mol. The number of anilines is 1. The van der Waals surface area contributed by atoms with Crippen molar-refractivity contribution in [3.8, 4) is 22.9 Å². The molecule has 0 unspecified atom stereocenters. The smallest absolute Gasteiger partial charge is 0.226 e. The third-order valence-corrected chi connectivity index (χ3v) is 4.77. The standard InChI is InChI=1S/C20H20N4O3S/c1-13-2-4-14(5-3-13)19-22-23-20(28)24(19)9-8-18(25)21-15-6-7-16-17(12-15)27-11-10-26-16/h2-7,12H,8-11H2,1H3,(H,21,25)(H,23,28). The van der Waals surface area contributed by atoms with Crippen LogP contribution in [-0.2, 0) is 11.3 Å². The molecule has 2 aromatic carbocycles. The maximum atomic E-state index is 12.4. The number of H-pyrrole nitrogens is 1. The number of fused-ring (bicyclic) bond motifs is 1. The van der Waals surface area contributed by atoms with Gasteiger partial charge in [-0.05, 0) is 31.3 Å². The second kappa shape index (κ2) is 7.85. The largest absolute Gasteiger partial charge is 0.486 e. The zero-order chi connectivity index (χ0) is 19.5. The van der Waals surface area contributed by atoms with Gasteiger partial charge in [0.2, 0.25) is 5.91 Å². The van der Waals surface area contributed by atoms with Gasteiger partial charge in [0.25, 0.3) is 0 Å². The first-order valence-corrected chi connectivity index (χ1v) is 9.43. The summed E-state index contributed by atoms with van der Waals surface area (Å²) in [5, 5.41) is 10.0. The van der Waals surface area contributed by atoms with E-state index in [1.165, 1.54) is 5.56 Å². The average molecular weight is 396 g/mol. The third kappa shape index (κ3) is 3.91. The molecule has 8 heteroatoms. The van der Waals surface area contributed by atoms with Crippen LogP contribution in [0.3, 0.4) is 0 Å². The van der Waals surface area contributed by atoms with Gasteiger partial charge in [0.1, 0.15) is 13.2 Å². The number of nitrogens with one attached hydrogen (secondary N) is 2. The zero-order valence-electron chi connectivity index (χ0n) is 15.4. The predicted molar refractivity (Wildman–Crippen MR) is 108 cm³/mol. The molecule has 7 nitrogen and oxygen atoms in total. The molecule has 1 aromatic heterocycles. The first-order valence-electron chi connectivity index (χ1n) is 9.02. The van der Waals surface area contributed by atoms with E-state index < -0.39 is 0 Å². The zero-order valence-corrected chi connectivity index (χ0v) is 16.2. The highest BCUT2D eigenvalue weighted by Crippen LogP contribution is 2.32. The van der Waals surface area contributed by atoms with Crippen molar-refractivity contribution in [3.63, 3.8) is 0 Å². The Bertz CT molecular complexity index is 1060. The number of hydrogen-bond acceptors (Lipinski definition) is 5. The number of carbonyl (C=O) groups excluding carboxylic acids is 1. The summed E-state index contributed by atoms with van der Waals surface area (Å²) in [5.74, 6) is 1.94. The summed E-state index contributed by atoms with van der Waals surface area (Å²) in [7, 11) is 0. The van der Waals surface area contributed by atoms with Crippen LogP contribution in [0, 0.1) is 11.7 Å². The Morgan fingerprint density at radius 3 is 2.71 bits per heavy atom. The minimum atomic E-state index is -0.116. The number of rotatable bonds is 5. The lowest BCUT2D eigenvalue weighted by Crippen LogP contribution is -2.17. The Balaban J connectivity index is 1.43. The fourth-order valence-corrected chi connectivity index (χ4v) is 3.23. The van der Waals surface area contributed by atoms with Crippen LogP contribution in [-0.4, -0.2) is 33.9 Å². The Labute approximate surface area is 167 Å². The average Bonchev–Trinajstić information content (AvgIpc) is 3.07. The molecule has 1 aliphatic rings. The van der Waals surface area contributed by atoms with Gasteiger partial charge in [0, 0.05) is 30.3 Å². The van der Waals surface area contributed by atoms with Crippen molar-refractivity contribution >= 4 is 23.8 Å². The molecule has 0 saturated carbocycles. The van der Waals surface area contributed by atoms with E-state index in [0.29, 0.717) is 41.7 Å². The van der Waals surface area contributed by atoms with Crippen LogP contribution in [0.1, 0.15) is 12.0 Å². The van der Waals surface area contributed by atoms with Gasteiger partial charge in [0.05, 0.1) is 0 Å². The predicted octanol–water partition coefficient (Wildman–Crippen LogP) is 3.72. The number of aromatic nitrogens is 3. The van der Waals surface area contributed by atoms with Crippen molar-refractivity contribution in [2.75, 3.05) is 18.5 Å². The lowest BCUT2D eigenvalue weighted by molar-refractivity contribution is -0.116. The summed E-state index contributed by atoms with van der Waals surface area (Å²) < 4.78 is 13.4. The molecule has 28 heavy (non-hydrogen) atoms. The molecule has 0 aliphatic carbocycles. The fourth-order valence-electron chi connectivity index (χ4n) is 3.01. The maximum absolute atomic E-state index is 12.4. The van der Waals surface area contributed by atoms with Crippen LogP contribution in [0.15, 0.2) is 42.5 Å². The number of carbonyl (C=O) groups is 1. The molecule has 0 atom stereocenters. The molecule has 0 fully saturated rings. The molecule has 0 radical (unpaired) electrons. The molecule has 0 saturated heterocycles. The summed E-state index contributed by atoms with van der Waals surface area (Å²) in [5.41, 5.74) is 2.79. The van der Waals surface area contributed by atoms with Crippen LogP contribution >= 0.6 is 12.2 Å². The van der Waals surface area contributed by atoms with Crippen LogP contribution in [0.25, 0.3) is 11.4 Å². The van der Waals surface area contributed by atoms with Gasteiger partial charge < -0.3 is 14.8 Å². The number of hydrogen-bond donors (Lipinski definition) is 2. The lowest BCUT2D eigenvalue weighted by Gasteiger charge is -2.19. The Morgan fingerprint density at radius 1 is 1.18 bits per heavy atom. The van der Waals surface area contributed by atoms with E-state index in [1.54, 1.807) is 18.2 Å². The first kappa shape index (κ1) is 18.2. The van der Waals surface area contributed by atoms with Gasteiger partial charge in [-0.15, -0.1) is 0 Å². The highest BCUT2D eigenvalue weighted by Gasteiger charge is 2.14. The Morgan fingerprint density at radius 2 is 1.93 bits per heavy atom. The molecule has 2 heterocycles. The monoisotopic (exact) mass is 396 g/mol. The van der Waals surface area contributed by atoms with Crippen molar-refractivity contribution in [2.24, 2.45) is 0 Å². The minimum Gasteiger partial charge on any atom is -0.486 e. The molecule has 2 N–H and O–H groups in total. The van der Waals surface area contributed by atoms with E-state index >= 15 is 0 Å². The topological polar surface area (TPSA) is 81.2 Å². The van der Waals surface area contributed by atoms with Gasteiger partial charge >= 0.3 is 0 Å². The van der Waals surface area contributed by atoms with Gasteiger partial charge in [-0.3, -0.25) is 14.5 Å². The van der Waals surface area contributed by atoms with Crippen molar-refractivity contribution in [1.29, 1.82) is 0 Å². The lowest BCUT2D eigenvalue weighted by atomic mass is 10.1. The molecule has 4 rings (SSSR count). The molecule has 1 aliphatic heterocycles. The highest BCUT2D eigenvalue weighted by atomic mass is 32.1. The van der Waals surface area contributed by atoms with Crippen LogP contribution in [0.4, 0.5) is 5.69 Å². The quantitative estimate of drug-likeness (QED) is 0.643. The number of nitrogens with zero attached hydrogens (tertiary/aromatic N) is 2. The number of aryl methyl sites for hydroxylation is 1. The van der Waals surface area contributed by atoms with Gasteiger partial charge in [-0.1, -0.05) is 29.8 Å².